The van der Waals surface area contributed by atoms with Gasteiger partial charge >= 0.3 is 0 Å². The SMILES string of the molecule is Cl.O=C(c1cccc(S(=O)(=O)N2CCOCC2)c1)N1CC[C@@H]2CNC[C@@H]2CC1. The van der Waals surface area contributed by atoms with Crippen molar-refractivity contribution in [3.63, 3.8) is 0 Å². The first-order valence-corrected chi connectivity index (χ1v) is 11.2. The van der Waals surface area contributed by atoms with Gasteiger partial charge in [-0.2, -0.15) is 4.31 Å². The predicted molar refractivity (Wildman–Crippen MR) is 108 cm³/mol. The van der Waals surface area contributed by atoms with Gasteiger partial charge in [0, 0.05) is 31.7 Å². The molecule has 3 saturated heterocycles. The van der Waals surface area contributed by atoms with E-state index in [9.17, 15) is 13.2 Å². The number of carbonyl (C=O) groups is 1. The number of sulfonamides is 1. The number of morpholine rings is 1. The van der Waals surface area contributed by atoms with E-state index in [1.54, 1.807) is 18.2 Å². The maximum Gasteiger partial charge on any atom is 0.253 e. The lowest BCUT2D eigenvalue weighted by Gasteiger charge is -2.26. The third-order valence-corrected chi connectivity index (χ3v) is 7.89. The molecule has 156 valence electrons. The van der Waals surface area contributed by atoms with Crippen LogP contribution in [0.1, 0.15) is 23.2 Å². The third-order valence-electron chi connectivity index (χ3n) is 6.00. The molecule has 3 fully saturated rings. The zero-order valence-electron chi connectivity index (χ0n) is 15.9. The van der Waals surface area contributed by atoms with Crippen LogP contribution in [0.5, 0.6) is 0 Å². The van der Waals surface area contributed by atoms with Crippen LogP contribution in [0.2, 0.25) is 0 Å². The Hall–Kier alpha value is -1.19. The quantitative estimate of drug-likeness (QED) is 0.781. The van der Waals surface area contributed by atoms with E-state index in [2.05, 4.69) is 5.32 Å². The fourth-order valence-corrected chi connectivity index (χ4v) is 5.78. The first-order valence-electron chi connectivity index (χ1n) is 9.73. The minimum absolute atomic E-state index is 0. The molecular formula is C19H28ClN3O4S. The summed E-state index contributed by atoms with van der Waals surface area (Å²) in [6.45, 7) is 5.07. The molecule has 4 rings (SSSR count). The molecule has 3 heterocycles. The highest BCUT2D eigenvalue weighted by Gasteiger charge is 2.32. The van der Waals surface area contributed by atoms with Gasteiger partial charge in [-0.05, 0) is 56.0 Å². The summed E-state index contributed by atoms with van der Waals surface area (Å²) in [5, 5.41) is 3.44. The number of hydrogen-bond donors (Lipinski definition) is 1. The van der Waals surface area contributed by atoms with Crippen molar-refractivity contribution in [3.8, 4) is 0 Å². The predicted octanol–water partition coefficient (Wildman–Crippen LogP) is 1.20. The number of benzene rings is 1. The van der Waals surface area contributed by atoms with Gasteiger partial charge in [-0.1, -0.05) is 6.07 Å². The molecule has 0 aromatic heterocycles. The van der Waals surface area contributed by atoms with Crippen LogP contribution in [0, 0.1) is 11.8 Å². The lowest BCUT2D eigenvalue weighted by molar-refractivity contribution is 0.0729. The number of nitrogens with zero attached hydrogens (tertiary/aromatic N) is 2. The van der Waals surface area contributed by atoms with E-state index in [0.717, 1.165) is 39.0 Å². The molecule has 1 amide bonds. The Morgan fingerprint density at radius 3 is 2.32 bits per heavy atom. The standard InChI is InChI=1S/C19H27N3O4S.ClH/c23-19(21-6-4-16-13-20-14-17(16)5-7-21)15-2-1-3-18(12-15)27(24,25)22-8-10-26-11-9-22;/h1-3,12,16-17,20H,4-11,13-14H2;1H/t16-,17+;. The van der Waals surface area contributed by atoms with E-state index >= 15 is 0 Å². The highest BCUT2D eigenvalue weighted by molar-refractivity contribution is 7.89. The van der Waals surface area contributed by atoms with Crippen molar-refractivity contribution in [1.82, 2.24) is 14.5 Å². The van der Waals surface area contributed by atoms with Gasteiger partial charge in [-0.3, -0.25) is 4.79 Å². The van der Waals surface area contributed by atoms with Gasteiger partial charge in [0.2, 0.25) is 10.0 Å². The number of rotatable bonds is 3. The summed E-state index contributed by atoms with van der Waals surface area (Å²) in [6, 6.07) is 6.48. The van der Waals surface area contributed by atoms with Gasteiger partial charge in [-0.15, -0.1) is 12.4 Å². The molecule has 3 aliphatic heterocycles. The topological polar surface area (TPSA) is 79.0 Å². The Bertz CT molecular complexity index is 784. The van der Waals surface area contributed by atoms with Crippen LogP contribution in [0.4, 0.5) is 0 Å². The van der Waals surface area contributed by atoms with Gasteiger partial charge in [0.05, 0.1) is 18.1 Å². The van der Waals surface area contributed by atoms with Crippen LogP contribution in [0.3, 0.4) is 0 Å². The third kappa shape index (κ3) is 4.36. The maximum atomic E-state index is 13.0. The Morgan fingerprint density at radius 2 is 1.68 bits per heavy atom. The minimum atomic E-state index is -3.59. The summed E-state index contributed by atoms with van der Waals surface area (Å²) >= 11 is 0. The van der Waals surface area contributed by atoms with Gasteiger partial charge in [-0.25, -0.2) is 8.42 Å². The second-order valence-electron chi connectivity index (χ2n) is 7.59. The summed E-state index contributed by atoms with van der Waals surface area (Å²) in [6.07, 6.45) is 2.02. The van der Waals surface area contributed by atoms with Crippen molar-refractivity contribution in [3.05, 3.63) is 29.8 Å². The molecular weight excluding hydrogens is 402 g/mol. The Kier molecular flexibility index (Phi) is 6.98. The lowest BCUT2D eigenvalue weighted by atomic mass is 9.92. The number of nitrogens with one attached hydrogen (secondary N) is 1. The van der Waals surface area contributed by atoms with Crippen LogP contribution in [0.25, 0.3) is 0 Å². The molecule has 0 radical (unpaired) electrons. The molecule has 7 nitrogen and oxygen atoms in total. The molecule has 0 aliphatic carbocycles. The average molecular weight is 430 g/mol. The van der Waals surface area contributed by atoms with Crippen molar-refractivity contribution >= 4 is 28.3 Å². The highest BCUT2D eigenvalue weighted by atomic mass is 35.5. The van der Waals surface area contributed by atoms with Gasteiger partial charge in [0.1, 0.15) is 0 Å². The fourth-order valence-electron chi connectivity index (χ4n) is 4.33. The number of amides is 1. The van der Waals surface area contributed by atoms with Crippen LogP contribution >= 0.6 is 12.4 Å². The average Bonchev–Trinajstić information content (AvgIpc) is 3.06. The smallest absolute Gasteiger partial charge is 0.253 e. The number of halogens is 1. The zero-order valence-corrected chi connectivity index (χ0v) is 17.5. The number of hydrogen-bond acceptors (Lipinski definition) is 5. The maximum absolute atomic E-state index is 13.0. The number of carbonyl (C=O) groups excluding carboxylic acids is 1. The minimum Gasteiger partial charge on any atom is -0.379 e. The number of likely N-dealkylation sites (tertiary alicyclic amines) is 1. The molecule has 1 aromatic rings. The van der Waals surface area contributed by atoms with Crippen molar-refractivity contribution in [2.24, 2.45) is 11.8 Å². The van der Waals surface area contributed by atoms with Gasteiger partial charge in [0.15, 0.2) is 0 Å². The molecule has 0 bridgehead atoms. The normalized spacial score (nSPS) is 26.2. The molecule has 28 heavy (non-hydrogen) atoms. The van der Waals surface area contributed by atoms with Crippen molar-refractivity contribution < 1.29 is 17.9 Å². The van der Waals surface area contributed by atoms with Crippen molar-refractivity contribution in [1.29, 1.82) is 0 Å². The molecule has 9 heteroatoms. The van der Waals surface area contributed by atoms with Crippen LogP contribution in [-0.2, 0) is 14.8 Å². The van der Waals surface area contributed by atoms with Crippen molar-refractivity contribution in [2.75, 3.05) is 52.5 Å². The Balaban J connectivity index is 0.00000225. The highest BCUT2D eigenvalue weighted by Crippen LogP contribution is 2.28. The monoisotopic (exact) mass is 429 g/mol. The molecule has 0 spiro atoms. The molecule has 0 unspecified atom stereocenters. The molecule has 1 N–H and O–H groups in total. The summed E-state index contributed by atoms with van der Waals surface area (Å²) in [4.78, 5) is 15.1. The second-order valence-corrected chi connectivity index (χ2v) is 9.53. The number of ether oxygens (including phenoxy) is 1. The first kappa shape index (κ1) is 21.5. The zero-order chi connectivity index (χ0) is 18.9. The van der Waals surface area contributed by atoms with E-state index in [4.69, 9.17) is 4.74 Å². The second kappa shape index (κ2) is 9.09. The molecule has 3 aliphatic rings. The van der Waals surface area contributed by atoms with E-state index in [-0.39, 0.29) is 23.2 Å². The first-order chi connectivity index (χ1) is 13.1. The molecule has 0 saturated carbocycles. The van der Waals surface area contributed by atoms with E-state index in [1.165, 1.54) is 10.4 Å². The molecule has 1 aromatic carbocycles. The van der Waals surface area contributed by atoms with Crippen LogP contribution < -0.4 is 5.32 Å². The fraction of sp³-hybridized carbons (Fsp3) is 0.632. The van der Waals surface area contributed by atoms with E-state index in [0.29, 0.717) is 43.7 Å². The summed E-state index contributed by atoms with van der Waals surface area (Å²) < 4.78 is 32.4. The summed E-state index contributed by atoms with van der Waals surface area (Å²) in [5.74, 6) is 1.23. The van der Waals surface area contributed by atoms with E-state index in [1.807, 2.05) is 4.90 Å². The van der Waals surface area contributed by atoms with Crippen LogP contribution in [0.15, 0.2) is 29.2 Å². The Morgan fingerprint density at radius 1 is 1.04 bits per heavy atom. The molecule has 2 atom stereocenters. The van der Waals surface area contributed by atoms with Crippen LogP contribution in [-0.4, -0.2) is 76.0 Å². The lowest BCUT2D eigenvalue weighted by Crippen LogP contribution is -2.40. The summed E-state index contributed by atoms with van der Waals surface area (Å²) in [5.41, 5.74) is 0.453. The summed E-state index contributed by atoms with van der Waals surface area (Å²) in [7, 11) is -3.59. The van der Waals surface area contributed by atoms with Gasteiger partial charge < -0.3 is 15.0 Å². The number of fused-ring (bicyclic) bond motifs is 1. The largest absolute Gasteiger partial charge is 0.379 e. The Labute approximate surface area is 172 Å². The van der Waals surface area contributed by atoms with Crippen molar-refractivity contribution in [2.45, 2.75) is 17.7 Å². The van der Waals surface area contributed by atoms with Gasteiger partial charge in [0.25, 0.3) is 5.91 Å². The van der Waals surface area contributed by atoms with E-state index < -0.39 is 10.0 Å².